The SMILES string of the molecule is C=C(NC(CCS(C)(=O)=O)C(=O)O)c1ccc(CN2CC(S(C)(=O)=O)CC2C)cc1-c1ccccc1C. The highest BCUT2D eigenvalue weighted by molar-refractivity contribution is 7.91. The van der Waals surface area contributed by atoms with E-state index in [0.29, 0.717) is 30.8 Å². The third kappa shape index (κ3) is 7.66. The summed E-state index contributed by atoms with van der Waals surface area (Å²) in [5, 5.41) is 12.2. The number of carboxylic acid groups (broad SMARTS) is 1. The molecule has 1 heterocycles. The zero-order valence-electron chi connectivity index (χ0n) is 21.8. The lowest BCUT2D eigenvalue weighted by Gasteiger charge is -2.23. The van der Waals surface area contributed by atoms with Crippen LogP contribution < -0.4 is 5.32 Å². The van der Waals surface area contributed by atoms with Gasteiger partial charge in [0.25, 0.3) is 0 Å². The number of sulfone groups is 2. The molecule has 8 nitrogen and oxygen atoms in total. The number of carboxylic acids is 1. The van der Waals surface area contributed by atoms with Gasteiger partial charge in [-0.25, -0.2) is 21.6 Å². The van der Waals surface area contributed by atoms with Gasteiger partial charge in [0.05, 0.1) is 11.0 Å². The number of carbonyl (C=O) groups is 1. The van der Waals surface area contributed by atoms with Gasteiger partial charge in [-0.05, 0) is 55.0 Å². The van der Waals surface area contributed by atoms with Crippen molar-refractivity contribution in [1.82, 2.24) is 10.2 Å². The Hall–Kier alpha value is -2.69. The van der Waals surface area contributed by atoms with E-state index in [4.69, 9.17) is 0 Å². The first-order valence-electron chi connectivity index (χ1n) is 12.1. The molecule has 10 heteroatoms. The van der Waals surface area contributed by atoms with Crippen molar-refractivity contribution in [3.05, 3.63) is 65.7 Å². The smallest absolute Gasteiger partial charge is 0.326 e. The third-order valence-corrected chi connectivity index (χ3v) is 9.45. The number of aryl methyl sites for hydroxylation is 1. The Bertz CT molecular complexity index is 1390. The van der Waals surface area contributed by atoms with Crippen molar-refractivity contribution in [3.63, 3.8) is 0 Å². The van der Waals surface area contributed by atoms with E-state index < -0.39 is 31.7 Å². The molecule has 3 rings (SSSR count). The summed E-state index contributed by atoms with van der Waals surface area (Å²) < 4.78 is 47.4. The maximum atomic E-state index is 12.1. The minimum atomic E-state index is -3.32. The molecule has 0 amide bonds. The van der Waals surface area contributed by atoms with Gasteiger partial charge in [0.15, 0.2) is 9.84 Å². The lowest BCUT2D eigenvalue weighted by molar-refractivity contribution is -0.139. The number of likely N-dealkylation sites (tertiary alicyclic amines) is 1. The van der Waals surface area contributed by atoms with Gasteiger partial charge in [0.2, 0.25) is 0 Å². The minimum Gasteiger partial charge on any atom is -0.480 e. The molecule has 0 bridgehead atoms. The highest BCUT2D eigenvalue weighted by atomic mass is 32.2. The van der Waals surface area contributed by atoms with Gasteiger partial charge in [-0.3, -0.25) is 4.90 Å². The Morgan fingerprint density at radius 2 is 1.81 bits per heavy atom. The summed E-state index contributed by atoms with van der Waals surface area (Å²) in [5.41, 5.74) is 4.97. The second-order valence-electron chi connectivity index (χ2n) is 10.1. The lowest BCUT2D eigenvalue weighted by atomic mass is 9.92. The highest BCUT2D eigenvalue weighted by Crippen LogP contribution is 2.33. The van der Waals surface area contributed by atoms with E-state index in [2.05, 4.69) is 16.8 Å². The van der Waals surface area contributed by atoms with Crippen LogP contribution in [0.15, 0.2) is 49.0 Å². The van der Waals surface area contributed by atoms with Crippen LogP contribution in [0, 0.1) is 6.92 Å². The molecule has 2 N–H and O–H groups in total. The monoisotopic (exact) mass is 548 g/mol. The van der Waals surface area contributed by atoms with Crippen molar-refractivity contribution in [2.45, 2.75) is 50.6 Å². The average Bonchev–Trinajstić information content (AvgIpc) is 3.16. The van der Waals surface area contributed by atoms with Crippen molar-refractivity contribution in [2.24, 2.45) is 0 Å². The summed E-state index contributed by atoms with van der Waals surface area (Å²) in [6, 6.07) is 12.7. The Kier molecular flexibility index (Phi) is 8.87. The molecule has 1 aliphatic heterocycles. The molecule has 1 fully saturated rings. The summed E-state index contributed by atoms with van der Waals surface area (Å²) in [6.07, 6.45) is 2.89. The second-order valence-corrected chi connectivity index (χ2v) is 14.7. The zero-order chi connectivity index (χ0) is 27.5. The largest absolute Gasteiger partial charge is 0.480 e. The molecule has 2 aromatic carbocycles. The van der Waals surface area contributed by atoms with Gasteiger partial charge in [0, 0.05) is 42.9 Å². The number of aliphatic carboxylic acids is 1. The molecule has 3 unspecified atom stereocenters. The highest BCUT2D eigenvalue weighted by Gasteiger charge is 2.35. The molecule has 1 saturated heterocycles. The maximum absolute atomic E-state index is 12.1. The van der Waals surface area contributed by atoms with Crippen LogP contribution in [-0.4, -0.2) is 75.0 Å². The van der Waals surface area contributed by atoms with Gasteiger partial charge in [-0.1, -0.05) is 43.0 Å². The van der Waals surface area contributed by atoms with Crippen molar-refractivity contribution in [1.29, 1.82) is 0 Å². The van der Waals surface area contributed by atoms with Gasteiger partial charge < -0.3 is 10.4 Å². The third-order valence-electron chi connectivity index (χ3n) is 6.92. The van der Waals surface area contributed by atoms with Crippen LogP contribution in [0.3, 0.4) is 0 Å². The molecule has 0 saturated carbocycles. The van der Waals surface area contributed by atoms with E-state index in [0.717, 1.165) is 28.5 Å². The standard InChI is InChI=1S/C27H36N2O6S2/c1-18-8-6-7-9-23(18)25-15-21(16-29-17-22(14-19(29)2)37(5,34)35)10-11-24(25)20(3)28-26(27(30)31)12-13-36(4,32)33/h6-11,15,19,22,26,28H,3,12-14,16-17H2,1-2,4-5H3,(H,30,31). The maximum Gasteiger partial charge on any atom is 0.326 e. The van der Waals surface area contributed by atoms with Crippen LogP contribution in [0.5, 0.6) is 0 Å². The number of hydrogen-bond donors (Lipinski definition) is 2. The van der Waals surface area contributed by atoms with Crippen molar-refractivity contribution in [2.75, 3.05) is 24.8 Å². The molecule has 0 aromatic heterocycles. The van der Waals surface area contributed by atoms with Crippen LogP contribution >= 0.6 is 0 Å². The van der Waals surface area contributed by atoms with Gasteiger partial charge in [0.1, 0.15) is 15.9 Å². The first kappa shape index (κ1) is 28.9. The van der Waals surface area contributed by atoms with Crippen LogP contribution in [0.2, 0.25) is 0 Å². The number of benzene rings is 2. The quantitative estimate of drug-likeness (QED) is 0.439. The summed E-state index contributed by atoms with van der Waals surface area (Å²) in [4.78, 5) is 14.0. The molecular formula is C27H36N2O6S2. The van der Waals surface area contributed by atoms with Crippen molar-refractivity contribution in [3.8, 4) is 11.1 Å². The van der Waals surface area contributed by atoms with E-state index in [1.807, 2.05) is 56.3 Å². The molecule has 2 aromatic rings. The predicted molar refractivity (Wildman–Crippen MR) is 148 cm³/mol. The number of hydrogen-bond acceptors (Lipinski definition) is 7. The first-order valence-corrected chi connectivity index (χ1v) is 16.2. The van der Waals surface area contributed by atoms with Crippen LogP contribution in [0.25, 0.3) is 16.8 Å². The van der Waals surface area contributed by atoms with E-state index >= 15 is 0 Å². The van der Waals surface area contributed by atoms with Crippen LogP contribution in [-0.2, 0) is 31.0 Å². The lowest BCUT2D eigenvalue weighted by Crippen LogP contribution is -2.37. The summed E-state index contributed by atoms with van der Waals surface area (Å²) in [6.45, 7) is 9.18. The summed E-state index contributed by atoms with van der Waals surface area (Å²) >= 11 is 0. The Balaban J connectivity index is 1.93. The molecule has 0 aliphatic carbocycles. The summed E-state index contributed by atoms with van der Waals surface area (Å²) in [7, 11) is -6.44. The van der Waals surface area contributed by atoms with Crippen LogP contribution in [0.4, 0.5) is 0 Å². The normalized spacial score (nSPS) is 19.5. The van der Waals surface area contributed by atoms with Crippen LogP contribution in [0.1, 0.15) is 36.5 Å². The minimum absolute atomic E-state index is 0.0840. The van der Waals surface area contributed by atoms with Gasteiger partial charge in [-0.15, -0.1) is 0 Å². The fourth-order valence-electron chi connectivity index (χ4n) is 4.74. The first-order chi connectivity index (χ1) is 17.2. The fourth-order valence-corrected chi connectivity index (χ4v) is 6.49. The molecular weight excluding hydrogens is 512 g/mol. The zero-order valence-corrected chi connectivity index (χ0v) is 23.4. The molecule has 0 spiro atoms. The molecule has 37 heavy (non-hydrogen) atoms. The molecule has 0 radical (unpaired) electrons. The van der Waals surface area contributed by atoms with E-state index in [1.54, 1.807) is 0 Å². The topological polar surface area (TPSA) is 121 Å². The number of nitrogens with one attached hydrogen (secondary N) is 1. The summed E-state index contributed by atoms with van der Waals surface area (Å²) in [5.74, 6) is -1.40. The predicted octanol–water partition coefficient (Wildman–Crippen LogP) is 3.12. The Morgan fingerprint density at radius 1 is 1.14 bits per heavy atom. The van der Waals surface area contributed by atoms with Gasteiger partial charge >= 0.3 is 5.97 Å². The number of nitrogens with zero attached hydrogens (tertiary/aromatic N) is 1. The Morgan fingerprint density at radius 3 is 2.38 bits per heavy atom. The van der Waals surface area contributed by atoms with Crippen molar-refractivity contribution >= 4 is 31.3 Å². The Labute approximate surface area is 220 Å². The van der Waals surface area contributed by atoms with E-state index in [-0.39, 0.29) is 23.5 Å². The fraction of sp³-hybridized carbons (Fsp3) is 0.444. The van der Waals surface area contributed by atoms with E-state index in [1.165, 1.54) is 6.26 Å². The molecule has 202 valence electrons. The molecule has 3 atom stereocenters. The van der Waals surface area contributed by atoms with E-state index in [9.17, 15) is 26.7 Å². The van der Waals surface area contributed by atoms with Crippen molar-refractivity contribution < 1.29 is 26.7 Å². The van der Waals surface area contributed by atoms with Gasteiger partial charge in [-0.2, -0.15) is 0 Å². The molecule has 1 aliphatic rings. The number of rotatable bonds is 11. The second kappa shape index (κ2) is 11.4. The average molecular weight is 549 g/mol.